The van der Waals surface area contributed by atoms with Crippen LogP contribution in [-0.2, 0) is 16.2 Å². The number of halogens is 1. The molecule has 0 N–H and O–H groups in total. The quantitative estimate of drug-likeness (QED) is 0.134. The molecule has 0 bridgehead atoms. The first kappa shape index (κ1) is 51.4. The molecule has 9 aromatic carbocycles. The number of furan rings is 1. The van der Waals surface area contributed by atoms with Gasteiger partial charge >= 0.3 is 0 Å². The summed E-state index contributed by atoms with van der Waals surface area (Å²) in [6.45, 7) is 22.1. The fourth-order valence-corrected chi connectivity index (χ4v) is 10.9. The molecule has 0 unspecified atom stereocenters. The van der Waals surface area contributed by atoms with Gasteiger partial charge in [0.2, 0.25) is 0 Å². The molecule has 0 atom stereocenters. The van der Waals surface area contributed by atoms with Crippen molar-refractivity contribution in [3.8, 4) is 34.3 Å². The molecule has 0 amide bonds. The molecule has 9 heteroatoms. The van der Waals surface area contributed by atoms with Gasteiger partial charge in [0.15, 0.2) is 23.0 Å². The number of hydrogen-bond acceptors (Lipinski definition) is 8. The summed E-state index contributed by atoms with van der Waals surface area (Å²) in [5.41, 5.74) is 13.2. The summed E-state index contributed by atoms with van der Waals surface area (Å²) < 4.78 is 31.1. The molecule has 2 aliphatic heterocycles. The third kappa shape index (κ3) is 10.2. The van der Waals surface area contributed by atoms with E-state index in [4.69, 9.17) is 35.0 Å². The van der Waals surface area contributed by atoms with Crippen molar-refractivity contribution in [3.05, 3.63) is 210 Å². The number of anilines is 9. The lowest BCUT2D eigenvalue weighted by atomic mass is 9.86. The van der Waals surface area contributed by atoms with Gasteiger partial charge in [0, 0.05) is 45.8 Å². The van der Waals surface area contributed by atoms with Gasteiger partial charge in [0.25, 0.3) is 0 Å². The molecule has 0 saturated carbocycles. The lowest BCUT2D eigenvalue weighted by Crippen LogP contribution is -2.19. The molecule has 0 saturated heterocycles. The zero-order valence-corrected chi connectivity index (χ0v) is 47.2. The molecular weight excluding hydrogens is 998 g/mol. The standard InChI is InChI=1S/C70H66ClN3O5/c1-68(2,3)49-17-24-52(25-18-49)72(55-23-16-45-38-48(15-14-46(45)39-55)64-40-47-12-10-11-13-61(47)79-64)58-41-59(73(53-26-19-50(20-27-53)69(4,5)6)54-28-21-51(22-29-54)70(7,8)9)67(71)60(42-58)74(56-30-32-62-65(43-56)77-36-34-75-62)57-31-33-63-66(44-57)78-37-35-76-63/h10-33,38-44H,34-37H2,1-9H3. The summed E-state index contributed by atoms with van der Waals surface area (Å²) >= 11 is 8.28. The molecule has 398 valence electrons. The Hall–Kier alpha value is -8.33. The van der Waals surface area contributed by atoms with E-state index in [-0.39, 0.29) is 16.2 Å². The van der Waals surface area contributed by atoms with Crippen LogP contribution >= 0.6 is 11.6 Å². The number of benzene rings is 9. The van der Waals surface area contributed by atoms with E-state index < -0.39 is 0 Å². The second-order valence-corrected chi connectivity index (χ2v) is 24.1. The van der Waals surface area contributed by atoms with Crippen molar-refractivity contribution in [2.24, 2.45) is 0 Å². The highest BCUT2D eigenvalue weighted by molar-refractivity contribution is 6.37. The fraction of sp³-hybridized carbons (Fsp3) is 0.229. The second kappa shape index (κ2) is 20.2. The van der Waals surface area contributed by atoms with Gasteiger partial charge in [0.1, 0.15) is 37.8 Å². The minimum Gasteiger partial charge on any atom is -0.486 e. The van der Waals surface area contributed by atoms with Crippen LogP contribution in [0.2, 0.25) is 5.02 Å². The molecule has 79 heavy (non-hydrogen) atoms. The predicted octanol–water partition coefficient (Wildman–Crippen LogP) is 19.8. The van der Waals surface area contributed by atoms with Crippen LogP contribution < -0.4 is 33.6 Å². The monoisotopic (exact) mass is 1060 g/mol. The van der Waals surface area contributed by atoms with Gasteiger partial charge in [-0.25, -0.2) is 0 Å². The van der Waals surface area contributed by atoms with Crippen molar-refractivity contribution in [1.82, 2.24) is 0 Å². The molecule has 12 rings (SSSR count). The SMILES string of the molecule is CC(C)(C)c1ccc(N(c2cc(N(c3ccc(C(C)(C)C)cc3)c3ccc(C(C)(C)C)cc3)c(Cl)c(N(c3ccc4c(c3)OCCO4)c3ccc4c(c3)OCCO4)c2)c2ccc3cc(-c4cc5ccccc5o4)ccc3c2)cc1. The fourth-order valence-electron chi connectivity index (χ4n) is 10.7. The number of rotatable bonds is 10. The zero-order chi connectivity index (χ0) is 54.8. The highest BCUT2D eigenvalue weighted by Gasteiger charge is 2.30. The summed E-state index contributed by atoms with van der Waals surface area (Å²) in [4.78, 5) is 6.83. The number of fused-ring (bicyclic) bond motifs is 4. The first-order valence-corrected chi connectivity index (χ1v) is 27.7. The van der Waals surface area contributed by atoms with Gasteiger partial charge in [-0.1, -0.05) is 147 Å². The number of ether oxygens (including phenoxy) is 4. The highest BCUT2D eigenvalue weighted by Crippen LogP contribution is 2.53. The molecule has 3 heterocycles. The normalized spacial score (nSPS) is 13.4. The van der Waals surface area contributed by atoms with Crippen LogP contribution in [0.5, 0.6) is 23.0 Å². The average molecular weight is 1060 g/mol. The first-order valence-electron chi connectivity index (χ1n) is 27.3. The summed E-state index contributed by atoms with van der Waals surface area (Å²) in [5.74, 6) is 3.51. The van der Waals surface area contributed by atoms with E-state index in [9.17, 15) is 0 Å². The van der Waals surface area contributed by atoms with Gasteiger partial charge in [-0.15, -0.1) is 0 Å². The second-order valence-electron chi connectivity index (χ2n) is 23.7. The predicted molar refractivity (Wildman–Crippen MR) is 326 cm³/mol. The molecule has 0 fully saturated rings. The van der Waals surface area contributed by atoms with E-state index in [1.807, 2.05) is 42.5 Å². The number of hydrogen-bond donors (Lipinski definition) is 0. The molecule has 0 spiro atoms. The van der Waals surface area contributed by atoms with Crippen LogP contribution in [0.25, 0.3) is 33.1 Å². The Morgan fingerprint density at radius 2 is 0.747 bits per heavy atom. The van der Waals surface area contributed by atoms with E-state index in [1.165, 1.54) is 16.7 Å². The minimum atomic E-state index is -0.0657. The van der Waals surface area contributed by atoms with Gasteiger partial charge in [-0.2, -0.15) is 0 Å². The largest absolute Gasteiger partial charge is 0.486 e. The smallest absolute Gasteiger partial charge is 0.163 e. The maximum atomic E-state index is 8.28. The maximum absolute atomic E-state index is 8.28. The third-order valence-electron chi connectivity index (χ3n) is 15.1. The minimum absolute atomic E-state index is 0.0614. The van der Waals surface area contributed by atoms with Crippen molar-refractivity contribution in [1.29, 1.82) is 0 Å². The van der Waals surface area contributed by atoms with Crippen molar-refractivity contribution in [2.45, 2.75) is 78.6 Å². The van der Waals surface area contributed by atoms with Crippen molar-refractivity contribution < 1.29 is 23.4 Å². The Balaban J connectivity index is 1.13. The molecule has 1 aromatic heterocycles. The average Bonchev–Trinajstić information content (AvgIpc) is 3.96. The molecule has 0 aliphatic carbocycles. The van der Waals surface area contributed by atoms with Crippen LogP contribution in [0.15, 0.2) is 192 Å². The van der Waals surface area contributed by atoms with Crippen LogP contribution in [0.3, 0.4) is 0 Å². The first-order chi connectivity index (χ1) is 37.9. The van der Waals surface area contributed by atoms with E-state index >= 15 is 0 Å². The van der Waals surface area contributed by atoms with Crippen LogP contribution in [0, 0.1) is 0 Å². The van der Waals surface area contributed by atoms with Gasteiger partial charge < -0.3 is 38.1 Å². The summed E-state index contributed by atoms with van der Waals surface area (Å²) in [7, 11) is 0. The van der Waals surface area contributed by atoms with Crippen LogP contribution in [0.4, 0.5) is 51.2 Å². The zero-order valence-electron chi connectivity index (χ0n) is 46.5. The lowest BCUT2D eigenvalue weighted by Gasteiger charge is -2.35. The van der Waals surface area contributed by atoms with E-state index in [0.717, 1.165) is 84.3 Å². The van der Waals surface area contributed by atoms with E-state index in [0.29, 0.717) is 54.4 Å². The topological polar surface area (TPSA) is 59.8 Å². The van der Waals surface area contributed by atoms with Crippen molar-refractivity contribution in [2.75, 3.05) is 41.1 Å². The molecule has 2 aliphatic rings. The van der Waals surface area contributed by atoms with Crippen LogP contribution in [0.1, 0.15) is 79.0 Å². The van der Waals surface area contributed by atoms with Crippen molar-refractivity contribution in [3.63, 3.8) is 0 Å². The molecule has 10 aromatic rings. The molecular formula is C70H66ClN3O5. The Kier molecular flexibility index (Phi) is 13.1. The highest BCUT2D eigenvalue weighted by atomic mass is 35.5. The third-order valence-corrected chi connectivity index (χ3v) is 15.5. The summed E-state index contributed by atoms with van der Waals surface area (Å²) in [6, 6.07) is 66.9. The lowest BCUT2D eigenvalue weighted by molar-refractivity contribution is 0.171. The molecule has 8 nitrogen and oxygen atoms in total. The summed E-state index contributed by atoms with van der Waals surface area (Å²) in [5, 5.41) is 3.77. The van der Waals surface area contributed by atoms with Gasteiger partial charge in [0.05, 0.1) is 33.5 Å². The summed E-state index contributed by atoms with van der Waals surface area (Å²) in [6.07, 6.45) is 0. The maximum Gasteiger partial charge on any atom is 0.163 e. The number of nitrogens with zero attached hydrogens (tertiary/aromatic N) is 3. The number of para-hydroxylation sites is 1. The van der Waals surface area contributed by atoms with Gasteiger partial charge in [-0.3, -0.25) is 0 Å². The van der Waals surface area contributed by atoms with Crippen LogP contribution in [-0.4, -0.2) is 26.4 Å². The Labute approximate surface area is 469 Å². The van der Waals surface area contributed by atoms with E-state index in [1.54, 1.807) is 0 Å². The van der Waals surface area contributed by atoms with Gasteiger partial charge in [-0.05, 0) is 147 Å². The Morgan fingerprint density at radius 1 is 0.342 bits per heavy atom. The Bertz CT molecular complexity index is 3730. The Morgan fingerprint density at radius 3 is 1.24 bits per heavy atom. The van der Waals surface area contributed by atoms with Crippen molar-refractivity contribution >= 4 is 84.5 Å². The molecule has 0 radical (unpaired) electrons. The van der Waals surface area contributed by atoms with E-state index in [2.05, 4.69) is 223 Å².